The number of amides is 2. The molecule has 6 heteroatoms. The molecule has 3 rings (SSSR count). The molecular formula is C25H27BrN2O3. The topological polar surface area (TPSA) is 58.6 Å². The number of hydrogen-bond acceptors (Lipinski definition) is 3. The number of nitrogens with one attached hydrogen (secondary N) is 1. The van der Waals surface area contributed by atoms with Crippen LogP contribution in [0.3, 0.4) is 0 Å². The molecule has 0 aliphatic carbocycles. The van der Waals surface area contributed by atoms with Crippen molar-refractivity contribution in [3.8, 4) is 5.75 Å². The van der Waals surface area contributed by atoms with Gasteiger partial charge in [0.1, 0.15) is 11.8 Å². The van der Waals surface area contributed by atoms with Gasteiger partial charge in [-0.25, -0.2) is 0 Å². The van der Waals surface area contributed by atoms with Crippen molar-refractivity contribution in [2.75, 3.05) is 13.7 Å². The molecule has 0 heterocycles. The van der Waals surface area contributed by atoms with Gasteiger partial charge in [0.2, 0.25) is 5.91 Å². The minimum Gasteiger partial charge on any atom is -0.483 e. The van der Waals surface area contributed by atoms with Crippen molar-refractivity contribution in [2.45, 2.75) is 32.9 Å². The number of rotatable bonds is 8. The quantitative estimate of drug-likeness (QED) is 0.499. The third-order valence-electron chi connectivity index (χ3n) is 5.25. The molecule has 0 unspecified atom stereocenters. The number of aryl methyl sites for hydroxylation is 1. The van der Waals surface area contributed by atoms with Gasteiger partial charge in [0, 0.05) is 13.6 Å². The Morgan fingerprint density at radius 1 is 1.10 bits per heavy atom. The van der Waals surface area contributed by atoms with Crippen molar-refractivity contribution in [1.29, 1.82) is 0 Å². The Morgan fingerprint density at radius 3 is 2.58 bits per heavy atom. The summed E-state index contributed by atoms with van der Waals surface area (Å²) >= 11 is 3.59. The Labute approximate surface area is 191 Å². The van der Waals surface area contributed by atoms with Gasteiger partial charge in [-0.3, -0.25) is 9.59 Å². The summed E-state index contributed by atoms with van der Waals surface area (Å²) in [6, 6.07) is 19.1. The predicted octanol–water partition coefficient (Wildman–Crippen LogP) is 4.84. The van der Waals surface area contributed by atoms with E-state index < -0.39 is 6.04 Å². The maximum Gasteiger partial charge on any atom is 0.261 e. The second-order valence-corrected chi connectivity index (χ2v) is 8.23. The van der Waals surface area contributed by atoms with Crippen LogP contribution in [-0.2, 0) is 16.1 Å². The number of benzene rings is 3. The van der Waals surface area contributed by atoms with Gasteiger partial charge in [-0.05, 0) is 51.7 Å². The number of ether oxygens (including phenoxy) is 1. The minimum absolute atomic E-state index is 0.156. The Bertz CT molecular complexity index is 1080. The van der Waals surface area contributed by atoms with Crippen molar-refractivity contribution in [3.63, 3.8) is 0 Å². The number of halogens is 1. The second kappa shape index (κ2) is 10.4. The molecule has 162 valence electrons. The molecule has 5 nitrogen and oxygen atoms in total. The molecule has 1 atom stereocenters. The van der Waals surface area contributed by atoms with Crippen LogP contribution >= 0.6 is 15.9 Å². The summed E-state index contributed by atoms with van der Waals surface area (Å²) < 4.78 is 6.69. The van der Waals surface area contributed by atoms with Gasteiger partial charge >= 0.3 is 0 Å². The maximum absolute atomic E-state index is 13.2. The summed E-state index contributed by atoms with van der Waals surface area (Å²) in [6.07, 6.45) is 0.511. The molecule has 0 radical (unpaired) electrons. The van der Waals surface area contributed by atoms with Crippen molar-refractivity contribution in [1.82, 2.24) is 10.2 Å². The van der Waals surface area contributed by atoms with E-state index in [1.165, 1.54) is 0 Å². The Kier molecular flexibility index (Phi) is 7.69. The third-order valence-corrected chi connectivity index (χ3v) is 6.06. The summed E-state index contributed by atoms with van der Waals surface area (Å²) in [5.74, 6) is 0.169. The zero-order valence-electron chi connectivity index (χ0n) is 18.0. The average molecular weight is 483 g/mol. The third kappa shape index (κ3) is 5.44. The van der Waals surface area contributed by atoms with Crippen molar-refractivity contribution < 1.29 is 14.3 Å². The first-order valence-corrected chi connectivity index (χ1v) is 11.1. The normalized spacial score (nSPS) is 11.7. The first kappa shape index (κ1) is 22.8. The molecule has 0 aliphatic heterocycles. The highest BCUT2D eigenvalue weighted by atomic mass is 79.9. The lowest BCUT2D eigenvalue weighted by atomic mass is 10.1. The molecule has 3 aromatic carbocycles. The monoisotopic (exact) mass is 482 g/mol. The standard InChI is InChI=1S/C25H27BrN2O3/c1-4-21(25(30)27-3)28(15-18-9-7-8-17(2)14-18)23(29)16-31-22-13-12-19-10-5-6-11-20(19)24(22)26/h5-14,21H,4,15-16H2,1-3H3,(H,27,30)/t21-/m0/s1. The number of hydrogen-bond donors (Lipinski definition) is 1. The van der Waals surface area contributed by atoms with Gasteiger partial charge < -0.3 is 15.0 Å². The molecule has 0 aliphatic rings. The van der Waals surface area contributed by atoms with Crippen LogP contribution in [0.4, 0.5) is 0 Å². The summed E-state index contributed by atoms with van der Waals surface area (Å²) in [7, 11) is 1.59. The van der Waals surface area contributed by atoms with Crippen LogP contribution < -0.4 is 10.1 Å². The number of fused-ring (bicyclic) bond motifs is 1. The van der Waals surface area contributed by atoms with E-state index in [2.05, 4.69) is 21.2 Å². The molecule has 1 N–H and O–H groups in total. The Balaban J connectivity index is 1.82. The second-order valence-electron chi connectivity index (χ2n) is 7.44. The van der Waals surface area contributed by atoms with E-state index >= 15 is 0 Å². The summed E-state index contributed by atoms with van der Waals surface area (Å²) in [5, 5.41) is 4.77. The molecule has 0 spiro atoms. The molecule has 0 fully saturated rings. The predicted molar refractivity (Wildman–Crippen MR) is 127 cm³/mol. The number of nitrogens with zero attached hydrogens (tertiary/aromatic N) is 1. The fourth-order valence-electron chi connectivity index (χ4n) is 3.64. The number of carbonyl (C=O) groups is 2. The van der Waals surface area contributed by atoms with Gasteiger partial charge in [-0.15, -0.1) is 0 Å². The van der Waals surface area contributed by atoms with Crippen molar-refractivity contribution in [3.05, 3.63) is 76.3 Å². The fourth-order valence-corrected chi connectivity index (χ4v) is 4.25. The molecule has 0 aromatic heterocycles. The van der Waals surface area contributed by atoms with Gasteiger partial charge in [0.25, 0.3) is 5.91 Å². The number of carbonyl (C=O) groups excluding carboxylic acids is 2. The summed E-state index contributed by atoms with van der Waals surface area (Å²) in [4.78, 5) is 27.3. The lowest BCUT2D eigenvalue weighted by Gasteiger charge is -2.30. The zero-order valence-corrected chi connectivity index (χ0v) is 19.6. The average Bonchev–Trinajstić information content (AvgIpc) is 2.78. The van der Waals surface area contributed by atoms with E-state index in [4.69, 9.17) is 4.74 Å². The van der Waals surface area contributed by atoms with Gasteiger partial charge in [0.05, 0.1) is 4.47 Å². The van der Waals surface area contributed by atoms with Crippen LogP contribution in [0.25, 0.3) is 10.8 Å². The molecule has 3 aromatic rings. The SMILES string of the molecule is CC[C@@H](C(=O)NC)N(Cc1cccc(C)c1)C(=O)COc1ccc2ccccc2c1Br. The van der Waals surface area contributed by atoms with Gasteiger partial charge in [0.15, 0.2) is 6.61 Å². The highest BCUT2D eigenvalue weighted by Gasteiger charge is 2.28. The fraction of sp³-hybridized carbons (Fsp3) is 0.280. The highest BCUT2D eigenvalue weighted by molar-refractivity contribution is 9.10. The lowest BCUT2D eigenvalue weighted by molar-refractivity contribution is -0.142. The van der Waals surface area contributed by atoms with Crippen LogP contribution in [0.15, 0.2) is 65.1 Å². The van der Waals surface area contributed by atoms with E-state index in [1.54, 1.807) is 11.9 Å². The molecule has 0 saturated carbocycles. The van der Waals surface area contributed by atoms with E-state index in [0.717, 1.165) is 26.4 Å². The van der Waals surface area contributed by atoms with Gasteiger partial charge in [-0.2, -0.15) is 0 Å². The largest absolute Gasteiger partial charge is 0.483 e. The van der Waals surface area contributed by atoms with Crippen LogP contribution in [0.5, 0.6) is 5.75 Å². The van der Waals surface area contributed by atoms with Crippen molar-refractivity contribution in [2.24, 2.45) is 0 Å². The van der Waals surface area contributed by atoms with E-state index in [-0.39, 0.29) is 18.4 Å². The molecule has 0 saturated heterocycles. The van der Waals surface area contributed by atoms with Crippen LogP contribution in [0.1, 0.15) is 24.5 Å². The van der Waals surface area contributed by atoms with Crippen molar-refractivity contribution >= 4 is 38.5 Å². The van der Waals surface area contributed by atoms with E-state index in [9.17, 15) is 9.59 Å². The van der Waals surface area contributed by atoms with E-state index in [0.29, 0.717) is 18.7 Å². The van der Waals surface area contributed by atoms with Crippen LogP contribution in [0, 0.1) is 6.92 Å². The zero-order chi connectivity index (χ0) is 22.4. The number of likely N-dealkylation sites (N-methyl/N-ethyl adjacent to an activating group) is 1. The molecule has 2 amide bonds. The highest BCUT2D eigenvalue weighted by Crippen LogP contribution is 2.33. The Morgan fingerprint density at radius 2 is 1.87 bits per heavy atom. The smallest absolute Gasteiger partial charge is 0.261 e. The first-order valence-electron chi connectivity index (χ1n) is 10.3. The lowest BCUT2D eigenvalue weighted by Crippen LogP contribution is -2.49. The van der Waals surface area contributed by atoms with Crippen LogP contribution in [-0.4, -0.2) is 36.4 Å². The summed E-state index contributed by atoms with van der Waals surface area (Å²) in [5.41, 5.74) is 2.08. The molecule has 31 heavy (non-hydrogen) atoms. The van der Waals surface area contributed by atoms with E-state index in [1.807, 2.05) is 74.5 Å². The van der Waals surface area contributed by atoms with Gasteiger partial charge in [-0.1, -0.05) is 67.1 Å². The molecule has 0 bridgehead atoms. The first-order chi connectivity index (χ1) is 14.9. The summed E-state index contributed by atoms with van der Waals surface area (Å²) in [6.45, 7) is 4.09. The maximum atomic E-state index is 13.2. The Hall–Kier alpha value is -2.86. The minimum atomic E-state index is -0.568. The molecular weight excluding hydrogens is 456 g/mol. The van der Waals surface area contributed by atoms with Crippen LogP contribution in [0.2, 0.25) is 0 Å².